The highest BCUT2D eigenvalue weighted by Crippen LogP contribution is 2.31. The summed E-state index contributed by atoms with van der Waals surface area (Å²) < 4.78 is 0. The van der Waals surface area contributed by atoms with Gasteiger partial charge in [0.05, 0.1) is 0 Å². The smallest absolute Gasteiger partial charge is 0.254 e. The van der Waals surface area contributed by atoms with E-state index in [2.05, 4.69) is 73.0 Å². The average molecular weight is 499 g/mol. The summed E-state index contributed by atoms with van der Waals surface area (Å²) in [5.41, 5.74) is 5.28. The number of amides is 1. The number of allylic oxidation sites excluding steroid dienone is 1. The van der Waals surface area contributed by atoms with Gasteiger partial charge >= 0.3 is 0 Å². The number of thioether (sulfide) groups is 1. The number of rotatable bonds is 5. The fraction of sp³-hybridized carbons (Fsp3) is 0.406. The monoisotopic (exact) mass is 498 g/mol. The van der Waals surface area contributed by atoms with Crippen molar-refractivity contribution in [3.05, 3.63) is 83.4 Å². The number of nitrogens with zero attached hydrogens (tertiary/aromatic N) is 2. The standard InChI is InChI=1S/C32H38N2OS/c1-23(2)36-29-13-11-25(12-14-29)24(3)26-15-19-33(20-16-26)28-17-21-34(22-18-28)32(35)31-10-6-8-27-7-4-5-9-30(27)31/h4-14,23,28H,15-22H2,1-3H3. The summed E-state index contributed by atoms with van der Waals surface area (Å²) in [5, 5.41) is 2.81. The second-order valence-electron chi connectivity index (χ2n) is 10.5. The summed E-state index contributed by atoms with van der Waals surface area (Å²) in [6, 6.07) is 24.0. The molecule has 1 amide bonds. The first kappa shape index (κ1) is 25.1. The number of likely N-dealkylation sites (tertiary alicyclic amines) is 2. The minimum Gasteiger partial charge on any atom is -0.339 e. The lowest BCUT2D eigenvalue weighted by Crippen LogP contribution is -2.48. The Labute approximate surface area is 220 Å². The fourth-order valence-corrected chi connectivity index (χ4v) is 6.65. The van der Waals surface area contributed by atoms with E-state index >= 15 is 0 Å². The number of benzene rings is 3. The van der Waals surface area contributed by atoms with Gasteiger partial charge in [-0.2, -0.15) is 0 Å². The molecule has 4 heteroatoms. The van der Waals surface area contributed by atoms with Crippen molar-refractivity contribution in [1.29, 1.82) is 0 Å². The zero-order valence-electron chi connectivity index (χ0n) is 21.9. The Kier molecular flexibility index (Phi) is 7.83. The molecule has 2 heterocycles. The number of hydrogen-bond acceptors (Lipinski definition) is 3. The van der Waals surface area contributed by atoms with Crippen molar-refractivity contribution in [3.8, 4) is 0 Å². The van der Waals surface area contributed by atoms with Gasteiger partial charge in [0.1, 0.15) is 0 Å². The SMILES string of the molecule is CC(=C1CCN(C2CCN(C(=O)c3cccc4ccccc34)CC2)CC1)c1ccc(SC(C)C)cc1. The van der Waals surface area contributed by atoms with Crippen LogP contribution >= 0.6 is 11.8 Å². The molecule has 0 saturated carbocycles. The number of carbonyl (C=O) groups is 1. The Morgan fingerprint density at radius 1 is 0.861 bits per heavy atom. The third-order valence-corrected chi connectivity index (χ3v) is 8.89. The summed E-state index contributed by atoms with van der Waals surface area (Å²) in [4.78, 5) is 19.4. The van der Waals surface area contributed by atoms with Crippen LogP contribution in [0, 0.1) is 0 Å². The Morgan fingerprint density at radius 3 is 2.22 bits per heavy atom. The van der Waals surface area contributed by atoms with Crippen molar-refractivity contribution in [1.82, 2.24) is 9.80 Å². The third-order valence-electron chi connectivity index (χ3n) is 7.88. The zero-order valence-corrected chi connectivity index (χ0v) is 22.7. The van der Waals surface area contributed by atoms with E-state index < -0.39 is 0 Å². The van der Waals surface area contributed by atoms with Gasteiger partial charge < -0.3 is 4.90 Å². The van der Waals surface area contributed by atoms with Crippen LogP contribution in [0.5, 0.6) is 0 Å². The van der Waals surface area contributed by atoms with Crippen LogP contribution in [0.25, 0.3) is 16.3 Å². The highest BCUT2D eigenvalue weighted by molar-refractivity contribution is 7.99. The van der Waals surface area contributed by atoms with Crippen molar-refractivity contribution < 1.29 is 4.79 Å². The van der Waals surface area contributed by atoms with Gasteiger partial charge in [0, 0.05) is 47.9 Å². The van der Waals surface area contributed by atoms with Crippen LogP contribution in [0.3, 0.4) is 0 Å². The van der Waals surface area contributed by atoms with Crippen molar-refractivity contribution in [2.45, 2.75) is 62.6 Å². The second kappa shape index (κ2) is 11.2. The lowest BCUT2D eigenvalue weighted by Gasteiger charge is -2.41. The van der Waals surface area contributed by atoms with Gasteiger partial charge in [-0.05, 0) is 72.7 Å². The Balaban J connectivity index is 1.16. The highest BCUT2D eigenvalue weighted by Gasteiger charge is 2.29. The summed E-state index contributed by atoms with van der Waals surface area (Å²) in [6.45, 7) is 10.8. The number of carbonyl (C=O) groups excluding carboxylic acids is 1. The minimum atomic E-state index is 0.183. The first-order valence-electron chi connectivity index (χ1n) is 13.5. The molecule has 0 bridgehead atoms. The molecule has 2 aliphatic rings. The molecule has 2 fully saturated rings. The molecule has 0 radical (unpaired) electrons. The molecule has 0 N–H and O–H groups in total. The Hall–Kier alpha value is -2.56. The average Bonchev–Trinajstić information content (AvgIpc) is 2.92. The van der Waals surface area contributed by atoms with Gasteiger partial charge in [0.15, 0.2) is 0 Å². The largest absolute Gasteiger partial charge is 0.339 e. The van der Waals surface area contributed by atoms with Crippen molar-refractivity contribution in [3.63, 3.8) is 0 Å². The summed E-state index contributed by atoms with van der Waals surface area (Å²) in [5.74, 6) is 0.183. The van der Waals surface area contributed by atoms with Gasteiger partial charge in [0.2, 0.25) is 0 Å². The lowest BCUT2D eigenvalue weighted by molar-refractivity contribution is 0.0610. The van der Waals surface area contributed by atoms with Crippen molar-refractivity contribution in [2.75, 3.05) is 26.2 Å². The van der Waals surface area contributed by atoms with Crippen LogP contribution in [0.4, 0.5) is 0 Å². The van der Waals surface area contributed by atoms with Gasteiger partial charge in [-0.25, -0.2) is 0 Å². The zero-order chi connectivity index (χ0) is 25.1. The molecular weight excluding hydrogens is 460 g/mol. The molecule has 0 aliphatic carbocycles. The molecule has 5 rings (SSSR count). The normalized spacial score (nSPS) is 17.7. The van der Waals surface area contributed by atoms with Gasteiger partial charge in [-0.1, -0.05) is 68.0 Å². The molecule has 2 aliphatic heterocycles. The van der Waals surface area contributed by atoms with E-state index in [0.29, 0.717) is 11.3 Å². The molecule has 3 nitrogen and oxygen atoms in total. The van der Waals surface area contributed by atoms with Crippen molar-refractivity contribution in [2.24, 2.45) is 0 Å². The van der Waals surface area contributed by atoms with E-state index in [-0.39, 0.29) is 5.91 Å². The van der Waals surface area contributed by atoms with Crippen LogP contribution in [0.2, 0.25) is 0 Å². The Bertz CT molecular complexity index is 1220. The summed E-state index contributed by atoms with van der Waals surface area (Å²) in [6.07, 6.45) is 4.46. The predicted octanol–water partition coefficient (Wildman–Crippen LogP) is 7.51. The molecule has 3 aromatic rings. The summed E-state index contributed by atoms with van der Waals surface area (Å²) in [7, 11) is 0. The van der Waals surface area contributed by atoms with Crippen LogP contribution in [-0.4, -0.2) is 53.2 Å². The molecule has 0 atom stereocenters. The Morgan fingerprint density at radius 2 is 1.53 bits per heavy atom. The van der Waals surface area contributed by atoms with Crippen LogP contribution in [-0.2, 0) is 0 Å². The number of hydrogen-bond donors (Lipinski definition) is 0. The van der Waals surface area contributed by atoms with Gasteiger partial charge in [0.25, 0.3) is 5.91 Å². The molecule has 0 spiro atoms. The maximum atomic E-state index is 13.3. The van der Waals surface area contributed by atoms with Gasteiger partial charge in [-0.3, -0.25) is 9.69 Å². The molecule has 2 saturated heterocycles. The summed E-state index contributed by atoms with van der Waals surface area (Å²) >= 11 is 1.92. The quantitative estimate of drug-likeness (QED) is 0.340. The number of piperidine rings is 2. The highest BCUT2D eigenvalue weighted by atomic mass is 32.2. The third kappa shape index (κ3) is 5.55. The lowest BCUT2D eigenvalue weighted by atomic mass is 9.92. The van der Waals surface area contributed by atoms with Crippen LogP contribution in [0.1, 0.15) is 62.4 Å². The molecule has 0 unspecified atom stereocenters. The topological polar surface area (TPSA) is 23.6 Å². The second-order valence-corrected chi connectivity index (χ2v) is 12.2. The first-order chi connectivity index (χ1) is 17.5. The van der Waals surface area contributed by atoms with E-state index in [9.17, 15) is 4.79 Å². The van der Waals surface area contributed by atoms with Gasteiger partial charge in [-0.15, -0.1) is 11.8 Å². The predicted molar refractivity (Wildman–Crippen MR) is 154 cm³/mol. The van der Waals surface area contributed by atoms with E-state index in [1.807, 2.05) is 36.0 Å². The maximum Gasteiger partial charge on any atom is 0.254 e. The number of fused-ring (bicyclic) bond motifs is 1. The molecule has 188 valence electrons. The molecule has 36 heavy (non-hydrogen) atoms. The molecular formula is C32H38N2OS. The maximum absolute atomic E-state index is 13.3. The molecule has 3 aromatic carbocycles. The van der Waals surface area contributed by atoms with E-state index in [0.717, 1.165) is 68.2 Å². The minimum absolute atomic E-state index is 0.183. The first-order valence-corrected chi connectivity index (χ1v) is 14.3. The van der Waals surface area contributed by atoms with Crippen molar-refractivity contribution >= 4 is 34.0 Å². The van der Waals surface area contributed by atoms with E-state index in [4.69, 9.17) is 0 Å². The van der Waals surface area contributed by atoms with Crippen LogP contribution in [0.15, 0.2) is 77.2 Å². The fourth-order valence-electron chi connectivity index (χ4n) is 5.81. The van der Waals surface area contributed by atoms with E-state index in [1.54, 1.807) is 5.57 Å². The van der Waals surface area contributed by atoms with Crippen LogP contribution < -0.4 is 0 Å². The molecule has 0 aromatic heterocycles. The van der Waals surface area contributed by atoms with E-state index in [1.165, 1.54) is 16.0 Å².